The molecule has 0 unspecified atom stereocenters. The van der Waals surface area contributed by atoms with E-state index in [1.165, 1.54) is 30.3 Å². The number of nitro groups is 1. The number of nitrogens with one attached hydrogen (secondary N) is 2. The molecule has 0 saturated carbocycles. The molecule has 1 aliphatic rings. The van der Waals surface area contributed by atoms with Crippen molar-refractivity contribution in [2.45, 2.75) is 13.8 Å². The second kappa shape index (κ2) is 14.1. The van der Waals surface area contributed by atoms with Gasteiger partial charge in [0.15, 0.2) is 6.61 Å². The van der Waals surface area contributed by atoms with Crippen LogP contribution in [0.5, 0.6) is 5.75 Å². The van der Waals surface area contributed by atoms with Gasteiger partial charge in [-0.1, -0.05) is 24.3 Å². The SMILES string of the molecule is CCN(CC)c1ccc(/C=C2/SC(=O)N(CC(=O)Nc3ccccc3)C2=O)c(OCC(=O)Nc2cccc([N+](=O)[O-])c2)c1. The van der Waals surface area contributed by atoms with Crippen molar-refractivity contribution in [3.63, 3.8) is 0 Å². The van der Waals surface area contributed by atoms with E-state index in [1.807, 2.05) is 19.9 Å². The minimum atomic E-state index is -0.625. The normalized spacial score (nSPS) is 13.6. The van der Waals surface area contributed by atoms with E-state index in [0.717, 1.165) is 10.6 Å². The molecule has 1 heterocycles. The number of thioether (sulfide) groups is 1. The Morgan fingerprint density at radius 3 is 2.35 bits per heavy atom. The molecule has 0 atom stereocenters. The van der Waals surface area contributed by atoms with Crippen molar-refractivity contribution >= 4 is 63.5 Å². The quantitative estimate of drug-likeness (QED) is 0.163. The number of ether oxygens (including phenoxy) is 1. The van der Waals surface area contributed by atoms with Crippen molar-refractivity contribution in [3.8, 4) is 5.75 Å². The lowest BCUT2D eigenvalue weighted by Crippen LogP contribution is -2.36. The molecule has 3 aromatic carbocycles. The van der Waals surface area contributed by atoms with Gasteiger partial charge in [0.05, 0.1) is 9.83 Å². The van der Waals surface area contributed by atoms with Gasteiger partial charge in [-0.15, -0.1) is 0 Å². The molecule has 12 nitrogen and oxygen atoms in total. The molecule has 1 saturated heterocycles. The van der Waals surface area contributed by atoms with Crippen LogP contribution in [0.1, 0.15) is 19.4 Å². The van der Waals surface area contributed by atoms with Crippen LogP contribution in [0.15, 0.2) is 77.7 Å². The highest BCUT2D eigenvalue weighted by molar-refractivity contribution is 8.18. The van der Waals surface area contributed by atoms with Crippen molar-refractivity contribution in [2.24, 2.45) is 0 Å². The van der Waals surface area contributed by atoms with Gasteiger partial charge in [-0.3, -0.25) is 34.2 Å². The number of carbonyl (C=O) groups excluding carboxylic acids is 4. The molecule has 4 rings (SSSR count). The topological polar surface area (TPSA) is 151 Å². The molecule has 2 N–H and O–H groups in total. The van der Waals surface area contributed by atoms with Gasteiger partial charge < -0.3 is 20.3 Å². The summed E-state index contributed by atoms with van der Waals surface area (Å²) in [6.07, 6.45) is 1.49. The van der Waals surface area contributed by atoms with Crippen LogP contribution in [-0.4, -0.2) is 59.0 Å². The van der Waals surface area contributed by atoms with Crippen molar-refractivity contribution < 1.29 is 28.8 Å². The Kier molecular flexibility index (Phi) is 10.1. The standard InChI is InChI=1S/C30H29N5O7S/c1-3-33(4-2)23-14-13-20(25(17-23)42-19-28(37)32-22-11-8-12-24(16-22)35(40)41)15-26-29(38)34(30(39)43-26)18-27(36)31-21-9-6-5-7-10-21/h5-17H,3-4,18-19H2,1-2H3,(H,31,36)(H,32,37)/b26-15+. The Morgan fingerprint density at radius 1 is 0.953 bits per heavy atom. The first-order valence-electron chi connectivity index (χ1n) is 13.3. The van der Waals surface area contributed by atoms with Gasteiger partial charge in [0.25, 0.3) is 22.7 Å². The number of benzene rings is 3. The van der Waals surface area contributed by atoms with Crippen LogP contribution in [0.3, 0.4) is 0 Å². The molecule has 43 heavy (non-hydrogen) atoms. The molecule has 4 amide bonds. The van der Waals surface area contributed by atoms with Crippen LogP contribution in [0.2, 0.25) is 0 Å². The monoisotopic (exact) mass is 603 g/mol. The third-order valence-electron chi connectivity index (χ3n) is 6.34. The molecule has 0 aliphatic carbocycles. The summed E-state index contributed by atoms with van der Waals surface area (Å²) in [7, 11) is 0. The fraction of sp³-hybridized carbons (Fsp3) is 0.200. The lowest BCUT2D eigenvalue weighted by molar-refractivity contribution is -0.384. The second-order valence-corrected chi connectivity index (χ2v) is 10.2. The molecule has 13 heteroatoms. The zero-order chi connectivity index (χ0) is 30.9. The zero-order valence-electron chi connectivity index (χ0n) is 23.4. The maximum absolute atomic E-state index is 13.1. The number of nitro benzene ring substituents is 1. The summed E-state index contributed by atoms with van der Waals surface area (Å²) in [6, 6.07) is 19.5. The average Bonchev–Trinajstić information content (AvgIpc) is 3.25. The largest absolute Gasteiger partial charge is 0.483 e. The van der Waals surface area contributed by atoms with Crippen LogP contribution in [0.25, 0.3) is 6.08 Å². The van der Waals surface area contributed by atoms with Crippen molar-refractivity contribution in [1.82, 2.24) is 4.90 Å². The van der Waals surface area contributed by atoms with E-state index in [4.69, 9.17) is 4.74 Å². The van der Waals surface area contributed by atoms with E-state index in [9.17, 15) is 29.3 Å². The summed E-state index contributed by atoms with van der Waals surface area (Å²) in [5.41, 5.74) is 1.88. The molecule has 0 aromatic heterocycles. The molecule has 0 radical (unpaired) electrons. The summed E-state index contributed by atoms with van der Waals surface area (Å²) < 4.78 is 5.86. The molecule has 222 valence electrons. The second-order valence-electron chi connectivity index (χ2n) is 9.22. The number of non-ortho nitro benzene ring substituents is 1. The third kappa shape index (κ3) is 7.98. The average molecular weight is 604 g/mol. The molecule has 1 aliphatic heterocycles. The number of nitrogens with zero attached hydrogens (tertiary/aromatic N) is 3. The molecule has 1 fully saturated rings. The van der Waals surface area contributed by atoms with E-state index >= 15 is 0 Å². The summed E-state index contributed by atoms with van der Waals surface area (Å²) in [5.74, 6) is -1.41. The number of rotatable bonds is 12. The highest BCUT2D eigenvalue weighted by Gasteiger charge is 2.36. The minimum Gasteiger partial charge on any atom is -0.483 e. The van der Waals surface area contributed by atoms with Gasteiger partial charge in [-0.2, -0.15) is 0 Å². The summed E-state index contributed by atoms with van der Waals surface area (Å²) in [4.78, 5) is 64.4. The van der Waals surface area contributed by atoms with Gasteiger partial charge in [0.1, 0.15) is 12.3 Å². The number of hydrogen-bond acceptors (Lipinski definition) is 9. The maximum Gasteiger partial charge on any atom is 0.294 e. The van der Waals surface area contributed by atoms with Gasteiger partial charge in [-0.25, -0.2) is 0 Å². The molecule has 0 spiro atoms. The highest BCUT2D eigenvalue weighted by atomic mass is 32.2. The van der Waals surface area contributed by atoms with Crippen LogP contribution >= 0.6 is 11.8 Å². The van der Waals surface area contributed by atoms with E-state index in [2.05, 4.69) is 15.5 Å². The van der Waals surface area contributed by atoms with Gasteiger partial charge >= 0.3 is 0 Å². The fourth-order valence-electron chi connectivity index (χ4n) is 4.23. The number of amides is 4. The Balaban J connectivity index is 1.51. The Bertz CT molecular complexity index is 1570. The highest BCUT2D eigenvalue weighted by Crippen LogP contribution is 2.35. The first-order valence-corrected chi connectivity index (χ1v) is 14.2. The van der Waals surface area contributed by atoms with E-state index < -0.39 is 41.0 Å². The van der Waals surface area contributed by atoms with Crippen LogP contribution in [0, 0.1) is 10.1 Å². The van der Waals surface area contributed by atoms with E-state index in [-0.39, 0.29) is 22.0 Å². The van der Waals surface area contributed by atoms with Crippen molar-refractivity contribution in [3.05, 3.63) is 93.4 Å². The summed E-state index contributed by atoms with van der Waals surface area (Å²) in [5, 5.41) is 15.7. The van der Waals surface area contributed by atoms with Crippen LogP contribution in [-0.2, 0) is 14.4 Å². The Morgan fingerprint density at radius 2 is 1.65 bits per heavy atom. The van der Waals surface area contributed by atoms with E-state index in [0.29, 0.717) is 36.1 Å². The maximum atomic E-state index is 13.1. The number of para-hydroxylation sites is 1. The molecule has 3 aromatic rings. The van der Waals surface area contributed by atoms with Crippen LogP contribution in [0.4, 0.5) is 27.5 Å². The molecular formula is C30H29N5O7S. The van der Waals surface area contributed by atoms with Gasteiger partial charge in [0.2, 0.25) is 5.91 Å². The molecule has 0 bridgehead atoms. The van der Waals surface area contributed by atoms with E-state index in [1.54, 1.807) is 42.5 Å². The third-order valence-corrected chi connectivity index (χ3v) is 7.25. The number of hydrogen-bond donors (Lipinski definition) is 2. The fourth-order valence-corrected chi connectivity index (χ4v) is 5.06. The Hall–Kier alpha value is -5.17. The predicted octanol–water partition coefficient (Wildman–Crippen LogP) is 5.13. The number of imide groups is 1. The minimum absolute atomic E-state index is 0.0963. The van der Waals surface area contributed by atoms with Crippen molar-refractivity contribution in [1.29, 1.82) is 0 Å². The molecular weight excluding hydrogens is 574 g/mol. The van der Waals surface area contributed by atoms with Gasteiger partial charge in [0, 0.05) is 53.9 Å². The van der Waals surface area contributed by atoms with Crippen molar-refractivity contribution in [2.75, 3.05) is 41.8 Å². The summed E-state index contributed by atoms with van der Waals surface area (Å²) >= 11 is 0.701. The number of carbonyl (C=O) groups is 4. The lowest BCUT2D eigenvalue weighted by Gasteiger charge is -2.22. The predicted molar refractivity (Wildman–Crippen MR) is 165 cm³/mol. The first kappa shape index (κ1) is 30.8. The lowest BCUT2D eigenvalue weighted by atomic mass is 10.1. The smallest absolute Gasteiger partial charge is 0.294 e. The van der Waals surface area contributed by atoms with Crippen LogP contribution < -0.4 is 20.3 Å². The van der Waals surface area contributed by atoms with Gasteiger partial charge in [-0.05, 0) is 62.0 Å². The summed E-state index contributed by atoms with van der Waals surface area (Å²) in [6.45, 7) is 4.55. The number of anilines is 3. The zero-order valence-corrected chi connectivity index (χ0v) is 24.3. The Labute approximate surface area is 251 Å². The first-order chi connectivity index (χ1) is 20.7.